The first kappa shape index (κ1) is 17.3. The van der Waals surface area contributed by atoms with Gasteiger partial charge in [0.05, 0.1) is 7.11 Å². The molecule has 0 bridgehead atoms. The second-order valence-electron chi connectivity index (χ2n) is 6.26. The number of ether oxygens (including phenoxy) is 1. The van der Waals surface area contributed by atoms with Crippen LogP contribution in [-0.4, -0.2) is 55.3 Å². The number of methoxy groups -OCH3 is 1. The van der Waals surface area contributed by atoms with Gasteiger partial charge < -0.3 is 14.7 Å². The Morgan fingerprint density at radius 1 is 1.04 bits per heavy atom. The van der Waals surface area contributed by atoms with Crippen LogP contribution in [0.3, 0.4) is 0 Å². The molecule has 132 valence electrons. The predicted molar refractivity (Wildman–Crippen MR) is 98.3 cm³/mol. The van der Waals surface area contributed by atoms with Crippen LogP contribution in [0.15, 0.2) is 54.6 Å². The zero-order valence-electron chi connectivity index (χ0n) is 14.5. The summed E-state index contributed by atoms with van der Waals surface area (Å²) < 4.78 is 5.16. The van der Waals surface area contributed by atoms with Crippen molar-refractivity contribution in [3.05, 3.63) is 60.2 Å². The van der Waals surface area contributed by atoms with Crippen molar-refractivity contribution in [2.75, 3.05) is 38.2 Å². The maximum Gasteiger partial charge on any atom is 0.321 e. The SMILES string of the molecule is COc1ccc(C[C@H](C(=O)O)N2CCN(c3ccccc3)CC2)cc1. The number of anilines is 1. The molecule has 1 atom stereocenters. The van der Waals surface area contributed by atoms with Gasteiger partial charge in [0.25, 0.3) is 0 Å². The lowest BCUT2D eigenvalue weighted by molar-refractivity contribution is -0.143. The van der Waals surface area contributed by atoms with E-state index in [4.69, 9.17) is 4.74 Å². The maximum absolute atomic E-state index is 11.8. The Bertz CT molecular complexity index is 680. The van der Waals surface area contributed by atoms with E-state index in [1.807, 2.05) is 42.5 Å². The molecular weight excluding hydrogens is 316 g/mol. The molecule has 0 unspecified atom stereocenters. The average molecular weight is 340 g/mol. The predicted octanol–water partition coefficient (Wildman–Crippen LogP) is 2.51. The highest BCUT2D eigenvalue weighted by molar-refractivity contribution is 5.74. The van der Waals surface area contributed by atoms with Gasteiger partial charge in [-0.15, -0.1) is 0 Å². The van der Waals surface area contributed by atoms with E-state index in [-0.39, 0.29) is 0 Å². The summed E-state index contributed by atoms with van der Waals surface area (Å²) in [6.45, 7) is 3.19. The van der Waals surface area contributed by atoms with Crippen molar-refractivity contribution >= 4 is 11.7 Å². The molecule has 5 nitrogen and oxygen atoms in total. The Morgan fingerprint density at radius 3 is 2.24 bits per heavy atom. The molecule has 0 saturated carbocycles. The number of benzene rings is 2. The molecule has 1 aliphatic heterocycles. The lowest BCUT2D eigenvalue weighted by Gasteiger charge is -2.38. The van der Waals surface area contributed by atoms with Gasteiger partial charge in [0.1, 0.15) is 11.8 Å². The minimum atomic E-state index is -0.760. The van der Waals surface area contributed by atoms with Gasteiger partial charge >= 0.3 is 5.97 Å². The number of nitrogens with zero attached hydrogens (tertiary/aromatic N) is 2. The fourth-order valence-corrected chi connectivity index (χ4v) is 3.29. The summed E-state index contributed by atoms with van der Waals surface area (Å²) in [6, 6.07) is 17.4. The fourth-order valence-electron chi connectivity index (χ4n) is 3.29. The maximum atomic E-state index is 11.8. The summed E-state index contributed by atoms with van der Waals surface area (Å²) in [5, 5.41) is 9.69. The van der Waals surface area contributed by atoms with E-state index < -0.39 is 12.0 Å². The molecule has 1 aliphatic rings. The monoisotopic (exact) mass is 340 g/mol. The number of piperazine rings is 1. The second kappa shape index (κ2) is 8.03. The number of aliphatic carboxylic acids is 1. The largest absolute Gasteiger partial charge is 0.497 e. The fraction of sp³-hybridized carbons (Fsp3) is 0.350. The molecule has 25 heavy (non-hydrogen) atoms. The van der Waals surface area contributed by atoms with Crippen LogP contribution >= 0.6 is 0 Å². The Kier molecular flexibility index (Phi) is 5.56. The van der Waals surface area contributed by atoms with E-state index in [0.717, 1.165) is 37.5 Å². The molecule has 2 aromatic carbocycles. The summed E-state index contributed by atoms with van der Waals surface area (Å²) in [5.74, 6) is 0.0241. The van der Waals surface area contributed by atoms with Crippen LogP contribution in [0.2, 0.25) is 0 Å². The van der Waals surface area contributed by atoms with E-state index in [2.05, 4.69) is 21.9 Å². The van der Waals surface area contributed by atoms with Crippen LogP contribution < -0.4 is 9.64 Å². The van der Waals surface area contributed by atoms with Gasteiger partial charge in [0.15, 0.2) is 0 Å². The normalized spacial score (nSPS) is 16.4. The highest BCUT2D eigenvalue weighted by atomic mass is 16.5. The van der Waals surface area contributed by atoms with E-state index in [9.17, 15) is 9.90 Å². The molecule has 0 amide bonds. The van der Waals surface area contributed by atoms with E-state index in [0.29, 0.717) is 6.42 Å². The number of carboxylic acids is 1. The van der Waals surface area contributed by atoms with Gasteiger partial charge in [-0.2, -0.15) is 0 Å². The summed E-state index contributed by atoms with van der Waals surface area (Å²) in [7, 11) is 1.63. The Balaban J connectivity index is 1.62. The Hall–Kier alpha value is -2.53. The number of hydrogen-bond acceptors (Lipinski definition) is 4. The topological polar surface area (TPSA) is 53.0 Å². The molecule has 5 heteroatoms. The van der Waals surface area contributed by atoms with Gasteiger partial charge in [-0.3, -0.25) is 9.69 Å². The first-order valence-corrected chi connectivity index (χ1v) is 8.57. The number of para-hydroxylation sites is 1. The molecule has 3 rings (SSSR count). The molecule has 0 aromatic heterocycles. The first-order valence-electron chi connectivity index (χ1n) is 8.57. The van der Waals surface area contributed by atoms with E-state index >= 15 is 0 Å². The first-order chi connectivity index (χ1) is 12.2. The summed E-state index contributed by atoms with van der Waals surface area (Å²) >= 11 is 0. The van der Waals surface area contributed by atoms with Crippen LogP contribution in [0.25, 0.3) is 0 Å². The van der Waals surface area contributed by atoms with Gasteiger partial charge in [-0.05, 0) is 36.2 Å². The van der Waals surface area contributed by atoms with Crippen molar-refractivity contribution in [2.45, 2.75) is 12.5 Å². The standard InChI is InChI=1S/C20H24N2O3/c1-25-18-9-7-16(8-10-18)15-19(20(23)24)22-13-11-21(12-14-22)17-5-3-2-4-6-17/h2-10,19H,11-15H2,1H3,(H,23,24)/t19-/m1/s1. The lowest BCUT2D eigenvalue weighted by Crippen LogP contribution is -2.53. The third-order valence-electron chi connectivity index (χ3n) is 4.75. The van der Waals surface area contributed by atoms with Crippen LogP contribution in [-0.2, 0) is 11.2 Å². The molecule has 1 fully saturated rings. The molecule has 1 heterocycles. The zero-order chi connectivity index (χ0) is 17.6. The third kappa shape index (κ3) is 4.31. The van der Waals surface area contributed by atoms with Crippen LogP contribution in [0.1, 0.15) is 5.56 Å². The minimum absolute atomic E-state index is 0.494. The number of carboxylic acid groups (broad SMARTS) is 1. The van der Waals surface area contributed by atoms with Gasteiger partial charge in [-0.25, -0.2) is 0 Å². The summed E-state index contributed by atoms with van der Waals surface area (Å²) in [4.78, 5) is 16.2. The summed E-state index contributed by atoms with van der Waals surface area (Å²) in [6.07, 6.45) is 0.505. The molecule has 0 radical (unpaired) electrons. The molecule has 1 saturated heterocycles. The van der Waals surface area contributed by atoms with Gasteiger partial charge in [-0.1, -0.05) is 30.3 Å². The van der Waals surface area contributed by atoms with Crippen LogP contribution in [0.4, 0.5) is 5.69 Å². The van der Waals surface area contributed by atoms with Crippen molar-refractivity contribution in [1.82, 2.24) is 4.90 Å². The smallest absolute Gasteiger partial charge is 0.321 e. The highest BCUT2D eigenvalue weighted by Gasteiger charge is 2.29. The van der Waals surface area contributed by atoms with Crippen LogP contribution in [0.5, 0.6) is 5.75 Å². The number of carbonyl (C=O) groups is 1. The van der Waals surface area contributed by atoms with Gasteiger partial charge in [0, 0.05) is 31.9 Å². The van der Waals surface area contributed by atoms with Gasteiger partial charge in [0.2, 0.25) is 0 Å². The number of rotatable bonds is 6. The van der Waals surface area contributed by atoms with Crippen molar-refractivity contribution in [3.8, 4) is 5.75 Å². The average Bonchev–Trinajstić information content (AvgIpc) is 2.67. The molecule has 1 N–H and O–H groups in total. The second-order valence-corrected chi connectivity index (χ2v) is 6.26. The highest BCUT2D eigenvalue weighted by Crippen LogP contribution is 2.19. The van der Waals surface area contributed by atoms with Crippen molar-refractivity contribution < 1.29 is 14.6 Å². The minimum Gasteiger partial charge on any atom is -0.497 e. The van der Waals surface area contributed by atoms with Crippen molar-refractivity contribution in [1.29, 1.82) is 0 Å². The number of hydrogen-bond donors (Lipinski definition) is 1. The van der Waals surface area contributed by atoms with E-state index in [1.165, 1.54) is 5.69 Å². The molecule has 0 aliphatic carbocycles. The lowest BCUT2D eigenvalue weighted by atomic mass is 10.0. The van der Waals surface area contributed by atoms with Crippen molar-refractivity contribution in [3.63, 3.8) is 0 Å². The van der Waals surface area contributed by atoms with Crippen LogP contribution in [0, 0.1) is 0 Å². The zero-order valence-corrected chi connectivity index (χ0v) is 14.5. The molecular formula is C20H24N2O3. The third-order valence-corrected chi connectivity index (χ3v) is 4.75. The van der Waals surface area contributed by atoms with Crippen molar-refractivity contribution in [2.24, 2.45) is 0 Å². The van der Waals surface area contributed by atoms with E-state index in [1.54, 1.807) is 7.11 Å². The quantitative estimate of drug-likeness (QED) is 0.876. The molecule has 2 aromatic rings. The Morgan fingerprint density at radius 2 is 1.68 bits per heavy atom. The Labute approximate surface area is 148 Å². The summed E-state index contributed by atoms with van der Waals surface area (Å²) in [5.41, 5.74) is 2.21. The molecule has 0 spiro atoms.